The highest BCUT2D eigenvalue weighted by Gasteiger charge is 2.22. The Morgan fingerprint density at radius 3 is 2.45 bits per heavy atom. The highest BCUT2D eigenvalue weighted by Crippen LogP contribution is 2.34. The van der Waals surface area contributed by atoms with Crippen molar-refractivity contribution in [2.75, 3.05) is 33.0 Å². The second-order valence-corrected chi connectivity index (χ2v) is 9.64. The highest BCUT2D eigenvalue weighted by molar-refractivity contribution is 7.99. The number of thioether (sulfide) groups is 1. The summed E-state index contributed by atoms with van der Waals surface area (Å²) in [5.74, 6) is 0.486. The van der Waals surface area contributed by atoms with E-state index < -0.39 is 10.0 Å². The molecule has 1 heterocycles. The minimum Gasteiger partial charge on any atom is -0.326 e. The van der Waals surface area contributed by atoms with Crippen LogP contribution in [0.4, 0.5) is 17.1 Å². The summed E-state index contributed by atoms with van der Waals surface area (Å²) in [5, 5.41) is 2.73. The number of nitrogens with zero attached hydrogens (tertiary/aromatic N) is 1. The summed E-state index contributed by atoms with van der Waals surface area (Å²) in [7, 11) is -3.34. The summed E-state index contributed by atoms with van der Waals surface area (Å²) >= 11 is 1.73. The molecule has 7 nitrogen and oxygen atoms in total. The summed E-state index contributed by atoms with van der Waals surface area (Å²) in [5.41, 5.74) is 1.88. The van der Waals surface area contributed by atoms with Gasteiger partial charge in [0, 0.05) is 41.4 Å². The quantitative estimate of drug-likeness (QED) is 0.698. The smallest absolute Gasteiger partial charge is 0.232 e. The highest BCUT2D eigenvalue weighted by atomic mass is 32.2. The molecule has 0 saturated carbocycles. The van der Waals surface area contributed by atoms with Gasteiger partial charge in [0.05, 0.1) is 11.4 Å². The van der Waals surface area contributed by atoms with Crippen molar-refractivity contribution in [3.63, 3.8) is 0 Å². The number of para-hydroxylation sites is 1. The predicted molar refractivity (Wildman–Crippen MR) is 117 cm³/mol. The van der Waals surface area contributed by atoms with E-state index in [1.807, 2.05) is 24.3 Å². The van der Waals surface area contributed by atoms with E-state index in [1.54, 1.807) is 47.9 Å². The standard InChI is InChI=1S/C20H23N3O4S2/c1-2-29(26,27)22-16-9-7-15(8-10-16)21-19(24)11-12-20(25)23-13-14-28-18-6-4-3-5-17(18)23/h3-10,22H,2,11-14H2,1H3,(H,21,24). The molecular formula is C20H23N3O4S2. The molecule has 0 aromatic heterocycles. The van der Waals surface area contributed by atoms with Crippen LogP contribution < -0.4 is 14.9 Å². The van der Waals surface area contributed by atoms with Crippen LogP contribution in [0, 0.1) is 0 Å². The number of rotatable bonds is 7. The second kappa shape index (κ2) is 9.32. The van der Waals surface area contributed by atoms with E-state index >= 15 is 0 Å². The van der Waals surface area contributed by atoms with Gasteiger partial charge in [-0.05, 0) is 43.3 Å². The molecule has 0 aliphatic carbocycles. The molecule has 0 saturated heterocycles. The third kappa shape index (κ3) is 5.74. The Kier molecular flexibility index (Phi) is 6.81. The SMILES string of the molecule is CCS(=O)(=O)Nc1ccc(NC(=O)CCC(=O)N2CCSc3ccccc32)cc1. The van der Waals surface area contributed by atoms with Crippen LogP contribution in [0.5, 0.6) is 0 Å². The maximum absolute atomic E-state index is 12.6. The molecule has 3 rings (SSSR count). The Labute approximate surface area is 174 Å². The lowest BCUT2D eigenvalue weighted by atomic mass is 10.2. The maximum atomic E-state index is 12.6. The number of fused-ring (bicyclic) bond motifs is 1. The lowest BCUT2D eigenvalue weighted by molar-refractivity contribution is -0.122. The van der Waals surface area contributed by atoms with Gasteiger partial charge in [-0.3, -0.25) is 14.3 Å². The average Bonchev–Trinajstić information content (AvgIpc) is 2.73. The number of sulfonamides is 1. The molecule has 0 spiro atoms. The minimum atomic E-state index is -3.34. The summed E-state index contributed by atoms with van der Waals surface area (Å²) in [6.07, 6.45) is 0.202. The fourth-order valence-electron chi connectivity index (χ4n) is 2.88. The Morgan fingerprint density at radius 1 is 1.03 bits per heavy atom. The maximum Gasteiger partial charge on any atom is 0.232 e. The van der Waals surface area contributed by atoms with Crippen molar-refractivity contribution in [2.24, 2.45) is 0 Å². The number of nitrogens with one attached hydrogen (secondary N) is 2. The summed E-state index contributed by atoms with van der Waals surface area (Å²) in [6.45, 7) is 2.19. The van der Waals surface area contributed by atoms with E-state index in [-0.39, 0.29) is 30.4 Å². The van der Waals surface area contributed by atoms with Crippen molar-refractivity contribution in [1.29, 1.82) is 0 Å². The van der Waals surface area contributed by atoms with E-state index in [9.17, 15) is 18.0 Å². The summed E-state index contributed by atoms with van der Waals surface area (Å²) in [6, 6.07) is 14.2. The van der Waals surface area contributed by atoms with Crippen LogP contribution in [0.25, 0.3) is 0 Å². The molecule has 154 valence electrons. The Hall–Kier alpha value is -2.52. The first-order chi connectivity index (χ1) is 13.9. The van der Waals surface area contributed by atoms with Gasteiger partial charge in [-0.1, -0.05) is 12.1 Å². The molecule has 2 N–H and O–H groups in total. The molecule has 2 aromatic carbocycles. The molecule has 2 aromatic rings. The molecule has 2 amide bonds. The molecule has 9 heteroatoms. The number of carbonyl (C=O) groups is 2. The van der Waals surface area contributed by atoms with Gasteiger partial charge in [-0.25, -0.2) is 8.42 Å². The topological polar surface area (TPSA) is 95.6 Å². The number of carbonyl (C=O) groups excluding carboxylic acids is 2. The van der Waals surface area contributed by atoms with Gasteiger partial charge in [0.25, 0.3) is 0 Å². The normalized spacial score (nSPS) is 13.5. The second-order valence-electron chi connectivity index (χ2n) is 6.49. The van der Waals surface area contributed by atoms with Gasteiger partial charge in [-0.15, -0.1) is 11.8 Å². The van der Waals surface area contributed by atoms with Crippen molar-refractivity contribution in [2.45, 2.75) is 24.7 Å². The van der Waals surface area contributed by atoms with Gasteiger partial charge >= 0.3 is 0 Å². The Morgan fingerprint density at radius 2 is 1.72 bits per heavy atom. The van der Waals surface area contributed by atoms with Crippen LogP contribution in [0.2, 0.25) is 0 Å². The largest absolute Gasteiger partial charge is 0.326 e. The van der Waals surface area contributed by atoms with Crippen LogP contribution in [0.1, 0.15) is 19.8 Å². The third-order valence-electron chi connectivity index (χ3n) is 4.42. The first kappa shape index (κ1) is 21.2. The van der Waals surface area contributed by atoms with Crippen LogP contribution in [0.15, 0.2) is 53.4 Å². The zero-order valence-electron chi connectivity index (χ0n) is 16.1. The van der Waals surface area contributed by atoms with E-state index in [0.29, 0.717) is 17.9 Å². The number of benzene rings is 2. The van der Waals surface area contributed by atoms with E-state index in [1.165, 1.54) is 0 Å². The lowest BCUT2D eigenvalue weighted by Crippen LogP contribution is -2.35. The Balaban J connectivity index is 1.52. The predicted octanol–water partition coefficient (Wildman–Crippen LogP) is 3.31. The van der Waals surface area contributed by atoms with Crippen LogP contribution >= 0.6 is 11.8 Å². The van der Waals surface area contributed by atoms with Crippen LogP contribution in [-0.4, -0.2) is 38.3 Å². The lowest BCUT2D eigenvalue weighted by Gasteiger charge is -2.29. The van der Waals surface area contributed by atoms with E-state index in [4.69, 9.17) is 0 Å². The van der Waals surface area contributed by atoms with Crippen LogP contribution in [-0.2, 0) is 19.6 Å². The van der Waals surface area contributed by atoms with Gasteiger partial charge in [-0.2, -0.15) is 0 Å². The number of hydrogen-bond acceptors (Lipinski definition) is 5. The molecule has 1 aliphatic heterocycles. The molecular weight excluding hydrogens is 410 g/mol. The number of hydrogen-bond donors (Lipinski definition) is 2. The molecule has 0 unspecified atom stereocenters. The number of amides is 2. The first-order valence-corrected chi connectivity index (χ1v) is 11.9. The fourth-order valence-corrected chi connectivity index (χ4v) is 4.52. The minimum absolute atomic E-state index is 0.0142. The van der Waals surface area contributed by atoms with Crippen molar-refractivity contribution >= 4 is 50.7 Å². The van der Waals surface area contributed by atoms with Crippen molar-refractivity contribution in [1.82, 2.24) is 0 Å². The average molecular weight is 434 g/mol. The van der Waals surface area contributed by atoms with E-state index in [0.717, 1.165) is 16.3 Å². The van der Waals surface area contributed by atoms with Crippen LogP contribution in [0.3, 0.4) is 0 Å². The van der Waals surface area contributed by atoms with Crippen molar-refractivity contribution in [3.05, 3.63) is 48.5 Å². The van der Waals surface area contributed by atoms with Gasteiger partial charge in [0.15, 0.2) is 0 Å². The zero-order chi connectivity index (χ0) is 20.9. The van der Waals surface area contributed by atoms with E-state index in [2.05, 4.69) is 10.0 Å². The monoisotopic (exact) mass is 433 g/mol. The molecule has 1 aliphatic rings. The van der Waals surface area contributed by atoms with Gasteiger partial charge < -0.3 is 10.2 Å². The molecule has 29 heavy (non-hydrogen) atoms. The van der Waals surface area contributed by atoms with Gasteiger partial charge in [0.1, 0.15) is 0 Å². The molecule has 0 radical (unpaired) electrons. The Bertz CT molecular complexity index is 991. The van der Waals surface area contributed by atoms with Gasteiger partial charge in [0.2, 0.25) is 21.8 Å². The summed E-state index contributed by atoms with van der Waals surface area (Å²) in [4.78, 5) is 27.6. The molecule has 0 fully saturated rings. The summed E-state index contributed by atoms with van der Waals surface area (Å²) < 4.78 is 25.6. The molecule has 0 atom stereocenters. The molecule has 0 bridgehead atoms. The first-order valence-electron chi connectivity index (χ1n) is 9.30. The third-order valence-corrected chi connectivity index (χ3v) is 6.77. The fraction of sp³-hybridized carbons (Fsp3) is 0.300. The number of anilines is 3. The van der Waals surface area contributed by atoms with Crippen molar-refractivity contribution in [3.8, 4) is 0 Å². The van der Waals surface area contributed by atoms with Crippen molar-refractivity contribution < 1.29 is 18.0 Å². The zero-order valence-corrected chi connectivity index (χ0v) is 17.7.